The van der Waals surface area contributed by atoms with Crippen molar-refractivity contribution in [2.24, 2.45) is 11.3 Å². The molecule has 2 fully saturated rings. The summed E-state index contributed by atoms with van der Waals surface area (Å²) >= 11 is 0. The fraction of sp³-hybridized carbons (Fsp3) is 1.00. The summed E-state index contributed by atoms with van der Waals surface area (Å²) in [6, 6.07) is 0.718. The van der Waals surface area contributed by atoms with E-state index < -0.39 is 0 Å². The molecule has 2 aliphatic rings. The molecule has 1 N–H and O–H groups in total. The van der Waals surface area contributed by atoms with Crippen molar-refractivity contribution >= 4 is 0 Å². The van der Waals surface area contributed by atoms with Crippen LogP contribution in [0.1, 0.15) is 60.3 Å². The summed E-state index contributed by atoms with van der Waals surface area (Å²) in [7, 11) is 0. The maximum Gasteiger partial charge on any atom is 0.0252 e. The van der Waals surface area contributed by atoms with Crippen LogP contribution in [-0.4, -0.2) is 36.1 Å². The first-order chi connectivity index (χ1) is 8.31. The Kier molecular flexibility index (Phi) is 4.08. The summed E-state index contributed by atoms with van der Waals surface area (Å²) in [5.74, 6) is 0.749. The predicted octanol–water partition coefficient (Wildman–Crippen LogP) is 3.28. The zero-order chi connectivity index (χ0) is 13.4. The highest BCUT2D eigenvalue weighted by atomic mass is 15.3. The van der Waals surface area contributed by atoms with E-state index in [1.54, 1.807) is 0 Å². The van der Waals surface area contributed by atoms with E-state index in [0.717, 1.165) is 18.5 Å². The van der Waals surface area contributed by atoms with E-state index in [1.807, 2.05) is 0 Å². The molecule has 0 aromatic heterocycles. The number of rotatable bonds is 3. The van der Waals surface area contributed by atoms with Gasteiger partial charge < -0.3 is 5.32 Å². The van der Waals surface area contributed by atoms with Gasteiger partial charge in [0.05, 0.1) is 0 Å². The normalized spacial score (nSPS) is 32.0. The molecule has 1 saturated carbocycles. The molecule has 2 nitrogen and oxygen atoms in total. The summed E-state index contributed by atoms with van der Waals surface area (Å²) in [4.78, 5) is 2.78. The minimum Gasteiger partial charge on any atom is -0.309 e. The Hall–Kier alpha value is -0.0800. The molecule has 0 aromatic carbocycles. The summed E-state index contributed by atoms with van der Waals surface area (Å²) in [6.07, 6.45) is 5.75. The van der Waals surface area contributed by atoms with Crippen molar-refractivity contribution < 1.29 is 0 Å². The quantitative estimate of drug-likeness (QED) is 0.829. The molecule has 0 bridgehead atoms. The van der Waals surface area contributed by atoms with Crippen LogP contribution in [0.3, 0.4) is 0 Å². The van der Waals surface area contributed by atoms with Crippen molar-refractivity contribution in [1.29, 1.82) is 0 Å². The third-order valence-electron chi connectivity index (χ3n) is 5.02. The van der Waals surface area contributed by atoms with Gasteiger partial charge >= 0.3 is 0 Å². The molecule has 1 saturated heterocycles. The monoisotopic (exact) mass is 252 g/mol. The Bertz CT molecular complexity index is 277. The Labute approximate surface area is 114 Å². The van der Waals surface area contributed by atoms with Crippen LogP contribution in [0.5, 0.6) is 0 Å². The lowest BCUT2D eigenvalue weighted by atomic mass is 9.85. The smallest absolute Gasteiger partial charge is 0.0252 e. The molecule has 1 heterocycles. The van der Waals surface area contributed by atoms with Gasteiger partial charge in [0.25, 0.3) is 0 Å². The van der Waals surface area contributed by atoms with E-state index >= 15 is 0 Å². The minimum absolute atomic E-state index is 0.278. The Morgan fingerprint density at radius 1 is 1.17 bits per heavy atom. The van der Waals surface area contributed by atoms with E-state index in [0.29, 0.717) is 5.41 Å². The van der Waals surface area contributed by atoms with Crippen molar-refractivity contribution in [2.45, 2.75) is 71.9 Å². The van der Waals surface area contributed by atoms with Gasteiger partial charge in [-0.05, 0) is 38.0 Å². The van der Waals surface area contributed by atoms with Gasteiger partial charge in [-0.3, -0.25) is 4.90 Å². The van der Waals surface area contributed by atoms with Gasteiger partial charge in [-0.15, -0.1) is 0 Å². The van der Waals surface area contributed by atoms with E-state index in [1.165, 1.54) is 38.8 Å². The number of nitrogens with zero attached hydrogens (tertiary/aromatic N) is 1. The molecule has 0 aromatic rings. The number of piperazine rings is 1. The van der Waals surface area contributed by atoms with Crippen LogP contribution in [-0.2, 0) is 0 Å². The molecule has 18 heavy (non-hydrogen) atoms. The average Bonchev–Trinajstić information content (AvgIpc) is 2.62. The topological polar surface area (TPSA) is 15.3 Å². The van der Waals surface area contributed by atoms with Crippen molar-refractivity contribution in [3.05, 3.63) is 0 Å². The largest absolute Gasteiger partial charge is 0.309 e. The van der Waals surface area contributed by atoms with Gasteiger partial charge in [-0.1, -0.05) is 33.6 Å². The molecule has 1 unspecified atom stereocenters. The zero-order valence-electron chi connectivity index (χ0n) is 13.1. The highest BCUT2D eigenvalue weighted by molar-refractivity contribution is 4.96. The minimum atomic E-state index is 0.278. The number of nitrogens with one attached hydrogen (secondary N) is 1. The molecule has 1 aliphatic heterocycles. The van der Waals surface area contributed by atoms with Gasteiger partial charge in [0, 0.05) is 31.2 Å². The van der Waals surface area contributed by atoms with E-state index in [-0.39, 0.29) is 5.54 Å². The Morgan fingerprint density at radius 3 is 2.33 bits per heavy atom. The Balaban J connectivity index is 2.05. The molecule has 2 heteroatoms. The van der Waals surface area contributed by atoms with Crippen LogP contribution in [0.25, 0.3) is 0 Å². The maximum atomic E-state index is 3.72. The maximum absolute atomic E-state index is 3.72. The summed E-state index contributed by atoms with van der Waals surface area (Å²) in [5, 5.41) is 3.72. The first-order valence-electron chi connectivity index (χ1n) is 7.80. The second kappa shape index (κ2) is 5.13. The molecule has 2 rings (SSSR count). The lowest BCUT2D eigenvalue weighted by molar-refractivity contribution is 0.0349. The molecular weight excluding hydrogens is 220 g/mol. The molecule has 0 radical (unpaired) electrons. The average molecular weight is 252 g/mol. The van der Waals surface area contributed by atoms with Crippen LogP contribution < -0.4 is 5.32 Å². The molecule has 0 amide bonds. The molecule has 1 aliphatic carbocycles. The van der Waals surface area contributed by atoms with Crippen LogP contribution in [0.4, 0.5) is 0 Å². The van der Waals surface area contributed by atoms with Crippen LogP contribution in [0, 0.1) is 11.3 Å². The zero-order valence-corrected chi connectivity index (χ0v) is 13.1. The van der Waals surface area contributed by atoms with Gasteiger partial charge in [-0.25, -0.2) is 0 Å². The third-order valence-corrected chi connectivity index (χ3v) is 5.02. The van der Waals surface area contributed by atoms with Crippen LogP contribution >= 0.6 is 0 Å². The molecular formula is C16H32N2. The highest BCUT2D eigenvalue weighted by Gasteiger charge is 2.38. The lowest BCUT2D eigenvalue weighted by Crippen LogP contribution is -2.64. The number of hydrogen-bond donors (Lipinski definition) is 1. The third kappa shape index (κ3) is 3.27. The van der Waals surface area contributed by atoms with Gasteiger partial charge in [0.2, 0.25) is 0 Å². The van der Waals surface area contributed by atoms with Crippen LogP contribution in [0.2, 0.25) is 0 Å². The Morgan fingerprint density at radius 2 is 1.78 bits per heavy atom. The molecule has 1 atom stereocenters. The second-order valence-corrected chi connectivity index (χ2v) is 8.00. The van der Waals surface area contributed by atoms with Crippen molar-refractivity contribution in [3.8, 4) is 0 Å². The SMILES string of the molecule is CC(C)C1CNC(C)(C)CN1CC1(C)CCCC1. The highest BCUT2D eigenvalue weighted by Crippen LogP contribution is 2.39. The first kappa shape index (κ1) is 14.3. The summed E-state index contributed by atoms with van der Waals surface area (Å²) < 4.78 is 0. The van der Waals surface area contributed by atoms with Gasteiger partial charge in [-0.2, -0.15) is 0 Å². The lowest BCUT2D eigenvalue weighted by Gasteiger charge is -2.48. The van der Waals surface area contributed by atoms with E-state index in [2.05, 4.69) is 44.8 Å². The molecule has 0 spiro atoms. The predicted molar refractivity (Wildman–Crippen MR) is 78.9 cm³/mol. The van der Waals surface area contributed by atoms with E-state index in [9.17, 15) is 0 Å². The second-order valence-electron chi connectivity index (χ2n) is 8.00. The van der Waals surface area contributed by atoms with Crippen molar-refractivity contribution in [2.75, 3.05) is 19.6 Å². The fourth-order valence-electron chi connectivity index (χ4n) is 3.90. The standard InChI is InChI=1S/C16H32N2/c1-13(2)14-10-17-15(3,4)11-18(14)12-16(5)8-6-7-9-16/h13-14,17H,6-12H2,1-5H3. The summed E-state index contributed by atoms with van der Waals surface area (Å²) in [6.45, 7) is 15.6. The first-order valence-corrected chi connectivity index (χ1v) is 7.80. The number of hydrogen-bond acceptors (Lipinski definition) is 2. The van der Waals surface area contributed by atoms with E-state index in [4.69, 9.17) is 0 Å². The van der Waals surface area contributed by atoms with Crippen molar-refractivity contribution in [1.82, 2.24) is 10.2 Å². The summed E-state index contributed by atoms with van der Waals surface area (Å²) in [5.41, 5.74) is 0.862. The molecule has 106 valence electrons. The van der Waals surface area contributed by atoms with Crippen LogP contribution in [0.15, 0.2) is 0 Å². The van der Waals surface area contributed by atoms with Gasteiger partial charge in [0.1, 0.15) is 0 Å². The van der Waals surface area contributed by atoms with Gasteiger partial charge in [0.15, 0.2) is 0 Å². The fourth-order valence-corrected chi connectivity index (χ4v) is 3.90. The van der Waals surface area contributed by atoms with Crippen molar-refractivity contribution in [3.63, 3.8) is 0 Å².